The fourth-order valence-corrected chi connectivity index (χ4v) is 5.64. The minimum absolute atomic E-state index is 0.00338. The summed E-state index contributed by atoms with van der Waals surface area (Å²) in [6, 6.07) is 21.5. The Morgan fingerprint density at radius 3 is 2.84 bits per heavy atom. The molecule has 4 aromatic rings. The fourth-order valence-electron chi connectivity index (χ4n) is 3.75. The molecular weight excluding hydrogens is 426 g/mol. The number of benzene rings is 2. The van der Waals surface area contributed by atoms with Crippen LogP contribution in [0.1, 0.15) is 26.9 Å². The van der Waals surface area contributed by atoms with Crippen molar-refractivity contribution >= 4 is 50.8 Å². The number of carbonyl (C=O) groups is 2. The van der Waals surface area contributed by atoms with Crippen LogP contribution in [0.5, 0.6) is 0 Å². The van der Waals surface area contributed by atoms with Crippen molar-refractivity contribution in [2.45, 2.75) is 11.9 Å². The standard InChI is InChI=1S/C24H19N3O2S2/c28-22(26-21-7-3-4-11-25-21)15-31-24-19-6-2-1-5-18(19)23(29)27(24)14-16-8-9-20-17(13-16)10-12-30-20/h1-13,24H,14-15H2,(H,25,26,28). The van der Waals surface area contributed by atoms with E-state index in [-0.39, 0.29) is 22.9 Å². The van der Waals surface area contributed by atoms with E-state index in [9.17, 15) is 9.59 Å². The summed E-state index contributed by atoms with van der Waals surface area (Å²) >= 11 is 3.17. The molecule has 154 valence electrons. The summed E-state index contributed by atoms with van der Waals surface area (Å²) in [5, 5.41) is 5.86. The summed E-state index contributed by atoms with van der Waals surface area (Å²) in [7, 11) is 0. The average Bonchev–Trinajstić information content (AvgIpc) is 3.36. The van der Waals surface area contributed by atoms with Crippen molar-refractivity contribution in [3.63, 3.8) is 0 Å². The van der Waals surface area contributed by atoms with Crippen molar-refractivity contribution in [3.8, 4) is 0 Å². The average molecular weight is 446 g/mol. The molecule has 1 unspecified atom stereocenters. The lowest BCUT2D eigenvalue weighted by atomic mass is 10.1. The minimum Gasteiger partial charge on any atom is -0.318 e. The van der Waals surface area contributed by atoms with Gasteiger partial charge in [0.2, 0.25) is 5.91 Å². The maximum absolute atomic E-state index is 13.2. The molecule has 0 saturated heterocycles. The zero-order valence-electron chi connectivity index (χ0n) is 16.5. The number of nitrogens with one attached hydrogen (secondary N) is 1. The predicted octanol–water partition coefficient (Wildman–Crippen LogP) is 5.32. The molecule has 5 nitrogen and oxygen atoms in total. The third-order valence-electron chi connectivity index (χ3n) is 5.18. The van der Waals surface area contributed by atoms with Gasteiger partial charge in [-0.15, -0.1) is 23.1 Å². The zero-order chi connectivity index (χ0) is 21.2. The summed E-state index contributed by atoms with van der Waals surface area (Å²) in [6.45, 7) is 0.499. The van der Waals surface area contributed by atoms with Crippen LogP contribution in [0.4, 0.5) is 5.82 Å². The Morgan fingerprint density at radius 1 is 1.10 bits per heavy atom. The lowest BCUT2D eigenvalue weighted by Crippen LogP contribution is -2.27. The summed E-state index contributed by atoms with van der Waals surface area (Å²) in [5.41, 5.74) is 2.75. The zero-order valence-corrected chi connectivity index (χ0v) is 18.2. The van der Waals surface area contributed by atoms with Gasteiger partial charge in [-0.3, -0.25) is 9.59 Å². The van der Waals surface area contributed by atoms with Crippen LogP contribution in [-0.4, -0.2) is 27.5 Å². The Kier molecular flexibility index (Phi) is 5.44. The number of fused-ring (bicyclic) bond motifs is 2. The van der Waals surface area contributed by atoms with Gasteiger partial charge >= 0.3 is 0 Å². The molecule has 2 aromatic carbocycles. The molecule has 0 radical (unpaired) electrons. The Labute approximate surface area is 188 Å². The molecule has 1 atom stereocenters. The normalized spacial score (nSPS) is 15.3. The second kappa shape index (κ2) is 8.53. The molecule has 0 aliphatic carbocycles. The number of thiophene rings is 1. The van der Waals surface area contributed by atoms with Gasteiger partial charge in [0.1, 0.15) is 11.2 Å². The van der Waals surface area contributed by atoms with Crippen LogP contribution >= 0.6 is 23.1 Å². The molecule has 0 fully saturated rings. The van der Waals surface area contributed by atoms with E-state index in [1.807, 2.05) is 35.2 Å². The van der Waals surface area contributed by atoms with E-state index in [0.29, 0.717) is 17.9 Å². The monoisotopic (exact) mass is 445 g/mol. The van der Waals surface area contributed by atoms with Gasteiger partial charge in [-0.25, -0.2) is 4.98 Å². The molecule has 0 saturated carbocycles. The molecule has 0 spiro atoms. The van der Waals surface area contributed by atoms with Gasteiger partial charge in [0.15, 0.2) is 0 Å². The second-order valence-electron chi connectivity index (χ2n) is 7.24. The van der Waals surface area contributed by atoms with Crippen LogP contribution in [0.25, 0.3) is 10.1 Å². The molecule has 31 heavy (non-hydrogen) atoms. The number of carbonyl (C=O) groups excluding carboxylic acids is 2. The summed E-state index contributed by atoms with van der Waals surface area (Å²) in [6.07, 6.45) is 1.64. The van der Waals surface area contributed by atoms with Crippen LogP contribution < -0.4 is 5.32 Å². The van der Waals surface area contributed by atoms with Gasteiger partial charge in [-0.1, -0.05) is 30.3 Å². The van der Waals surface area contributed by atoms with E-state index in [0.717, 1.165) is 11.1 Å². The molecule has 7 heteroatoms. The van der Waals surface area contributed by atoms with E-state index in [4.69, 9.17) is 0 Å². The van der Waals surface area contributed by atoms with Gasteiger partial charge in [0.05, 0.1) is 5.75 Å². The highest BCUT2D eigenvalue weighted by molar-refractivity contribution is 8.00. The van der Waals surface area contributed by atoms with E-state index >= 15 is 0 Å². The highest BCUT2D eigenvalue weighted by Crippen LogP contribution is 2.42. The maximum Gasteiger partial charge on any atom is 0.255 e. The largest absolute Gasteiger partial charge is 0.318 e. The molecule has 1 aliphatic rings. The Morgan fingerprint density at radius 2 is 1.97 bits per heavy atom. The quantitative estimate of drug-likeness (QED) is 0.436. The van der Waals surface area contributed by atoms with E-state index in [1.54, 1.807) is 29.7 Å². The summed E-state index contributed by atoms with van der Waals surface area (Å²) in [5.74, 6) is 0.615. The molecule has 3 heterocycles. The van der Waals surface area contributed by atoms with Crippen molar-refractivity contribution < 1.29 is 9.59 Å². The van der Waals surface area contributed by atoms with Gasteiger partial charge in [-0.2, -0.15) is 0 Å². The van der Waals surface area contributed by atoms with Crippen LogP contribution in [0.2, 0.25) is 0 Å². The fraction of sp³-hybridized carbons (Fsp3) is 0.125. The number of hydrogen-bond donors (Lipinski definition) is 1. The van der Waals surface area contributed by atoms with E-state index in [2.05, 4.69) is 39.9 Å². The van der Waals surface area contributed by atoms with Gasteiger partial charge in [0, 0.05) is 23.0 Å². The third-order valence-corrected chi connectivity index (χ3v) is 7.33. The van der Waals surface area contributed by atoms with Crippen molar-refractivity contribution in [2.75, 3.05) is 11.1 Å². The number of pyridine rings is 1. The van der Waals surface area contributed by atoms with Crippen LogP contribution in [0.3, 0.4) is 0 Å². The first-order chi connectivity index (χ1) is 15.2. The first-order valence-electron chi connectivity index (χ1n) is 9.87. The number of hydrogen-bond acceptors (Lipinski definition) is 5. The number of aromatic nitrogens is 1. The summed E-state index contributed by atoms with van der Waals surface area (Å²) < 4.78 is 1.23. The molecule has 2 aromatic heterocycles. The van der Waals surface area contributed by atoms with Crippen molar-refractivity contribution in [1.29, 1.82) is 0 Å². The topological polar surface area (TPSA) is 62.3 Å². The van der Waals surface area contributed by atoms with Crippen molar-refractivity contribution in [3.05, 3.63) is 95.0 Å². The lowest BCUT2D eigenvalue weighted by Gasteiger charge is -2.25. The lowest BCUT2D eigenvalue weighted by molar-refractivity contribution is -0.113. The summed E-state index contributed by atoms with van der Waals surface area (Å²) in [4.78, 5) is 31.6. The second-order valence-corrected chi connectivity index (χ2v) is 9.26. The van der Waals surface area contributed by atoms with Crippen molar-refractivity contribution in [2.24, 2.45) is 0 Å². The number of rotatable bonds is 6. The van der Waals surface area contributed by atoms with Gasteiger partial charge < -0.3 is 10.2 Å². The van der Waals surface area contributed by atoms with E-state index < -0.39 is 0 Å². The molecule has 2 amide bonds. The highest BCUT2D eigenvalue weighted by atomic mass is 32.2. The smallest absolute Gasteiger partial charge is 0.255 e. The van der Waals surface area contributed by atoms with E-state index in [1.165, 1.54) is 21.8 Å². The van der Waals surface area contributed by atoms with Crippen LogP contribution in [-0.2, 0) is 11.3 Å². The van der Waals surface area contributed by atoms with Crippen molar-refractivity contribution in [1.82, 2.24) is 9.88 Å². The first-order valence-corrected chi connectivity index (χ1v) is 11.8. The Balaban J connectivity index is 1.35. The van der Waals surface area contributed by atoms with Crippen LogP contribution in [0, 0.1) is 0 Å². The first kappa shape index (κ1) is 19.8. The SMILES string of the molecule is O=C(CSC1c2ccccc2C(=O)N1Cc1ccc2sccc2c1)Nc1ccccn1. The molecule has 1 N–H and O–H groups in total. The van der Waals surface area contributed by atoms with Gasteiger partial charge in [0.25, 0.3) is 5.91 Å². The molecule has 5 rings (SSSR count). The molecule has 0 bridgehead atoms. The Hall–Kier alpha value is -3.16. The number of anilines is 1. The number of thioether (sulfide) groups is 1. The minimum atomic E-state index is -0.212. The maximum atomic E-state index is 13.2. The molecular formula is C24H19N3O2S2. The van der Waals surface area contributed by atoms with Crippen LogP contribution in [0.15, 0.2) is 78.3 Å². The highest BCUT2D eigenvalue weighted by Gasteiger charge is 2.37. The number of amides is 2. The molecule has 1 aliphatic heterocycles. The predicted molar refractivity (Wildman–Crippen MR) is 126 cm³/mol. The number of nitrogens with zero attached hydrogens (tertiary/aromatic N) is 2. The van der Waals surface area contributed by atoms with Gasteiger partial charge in [-0.05, 0) is 58.3 Å². The third kappa shape index (κ3) is 4.06. The Bertz CT molecular complexity index is 1260.